The van der Waals surface area contributed by atoms with E-state index in [1.54, 1.807) is 11.3 Å². The van der Waals surface area contributed by atoms with Crippen molar-refractivity contribution < 1.29 is 0 Å². The summed E-state index contributed by atoms with van der Waals surface area (Å²) in [6.45, 7) is 6.50. The van der Waals surface area contributed by atoms with Gasteiger partial charge in [-0.1, -0.05) is 6.07 Å². The molecule has 2 fully saturated rings. The van der Waals surface area contributed by atoms with Crippen LogP contribution in [-0.4, -0.2) is 29.0 Å². The molecule has 1 N–H and O–H groups in total. The normalized spacial score (nSPS) is 22.6. The highest BCUT2D eigenvalue weighted by Gasteiger charge is 2.56. The van der Waals surface area contributed by atoms with Crippen molar-refractivity contribution >= 4 is 11.3 Å². The van der Waals surface area contributed by atoms with Crippen molar-refractivity contribution in [3.63, 3.8) is 0 Å². The third-order valence-electron chi connectivity index (χ3n) is 5.49. The van der Waals surface area contributed by atoms with Gasteiger partial charge in [0.2, 0.25) is 0 Å². The van der Waals surface area contributed by atoms with E-state index in [-0.39, 0.29) is 0 Å². The fraction of sp³-hybridized carbons (Fsp3) is 0.526. The minimum Gasteiger partial charge on any atom is -0.317 e. The number of hydrogen-bond donors (Lipinski definition) is 1. The van der Waals surface area contributed by atoms with Crippen molar-refractivity contribution in [2.24, 2.45) is 5.41 Å². The summed E-state index contributed by atoms with van der Waals surface area (Å²) in [6.07, 6.45) is 6.02. The van der Waals surface area contributed by atoms with Crippen LogP contribution in [0, 0.1) is 12.3 Å². The van der Waals surface area contributed by atoms with Crippen LogP contribution in [0.2, 0.25) is 0 Å². The molecule has 4 rings (SSSR count). The molecule has 2 aromatic heterocycles. The van der Waals surface area contributed by atoms with Gasteiger partial charge >= 0.3 is 0 Å². The Kier molecular flexibility index (Phi) is 4.22. The predicted molar refractivity (Wildman–Crippen MR) is 95.5 cm³/mol. The first kappa shape index (κ1) is 15.3. The number of aromatic nitrogens is 1. The van der Waals surface area contributed by atoms with Gasteiger partial charge in [-0.2, -0.15) is 11.3 Å². The Morgan fingerprint density at radius 1 is 1.26 bits per heavy atom. The van der Waals surface area contributed by atoms with Crippen molar-refractivity contribution in [3.05, 3.63) is 52.0 Å². The first-order valence-corrected chi connectivity index (χ1v) is 9.57. The van der Waals surface area contributed by atoms with Crippen LogP contribution < -0.4 is 5.32 Å². The molecule has 1 spiro atoms. The maximum Gasteiger partial charge on any atom is 0.0544 e. The van der Waals surface area contributed by atoms with E-state index in [4.69, 9.17) is 0 Å². The number of aryl methyl sites for hydroxylation is 1. The summed E-state index contributed by atoms with van der Waals surface area (Å²) in [5, 5.41) is 7.98. The number of hydrogen-bond acceptors (Lipinski definition) is 4. The second-order valence-corrected chi connectivity index (χ2v) is 7.98. The molecule has 122 valence electrons. The SMILES string of the molecule is Cc1ccc(CN(Cc2ccsc2)C2CC23CCNCC3)nc1. The van der Waals surface area contributed by atoms with Gasteiger partial charge < -0.3 is 5.32 Å². The van der Waals surface area contributed by atoms with Crippen molar-refractivity contribution in [1.29, 1.82) is 0 Å². The Morgan fingerprint density at radius 2 is 2.13 bits per heavy atom. The molecule has 1 aliphatic carbocycles. The third-order valence-corrected chi connectivity index (χ3v) is 6.22. The van der Waals surface area contributed by atoms with Crippen LogP contribution in [0.3, 0.4) is 0 Å². The molecule has 2 aliphatic rings. The van der Waals surface area contributed by atoms with Crippen molar-refractivity contribution in [2.45, 2.75) is 45.3 Å². The summed E-state index contributed by atoms with van der Waals surface area (Å²) in [6, 6.07) is 7.36. The van der Waals surface area contributed by atoms with Crippen molar-refractivity contribution in [2.75, 3.05) is 13.1 Å². The van der Waals surface area contributed by atoms with Crippen LogP contribution in [0.4, 0.5) is 0 Å². The summed E-state index contributed by atoms with van der Waals surface area (Å²) < 4.78 is 0. The van der Waals surface area contributed by atoms with Gasteiger partial charge in [0.25, 0.3) is 0 Å². The number of rotatable bonds is 5. The Balaban J connectivity index is 1.51. The molecule has 1 aliphatic heterocycles. The summed E-state index contributed by atoms with van der Waals surface area (Å²) in [5.41, 5.74) is 4.45. The van der Waals surface area contributed by atoms with E-state index in [1.165, 1.54) is 49.2 Å². The average molecular weight is 327 g/mol. The molecule has 3 heterocycles. The van der Waals surface area contributed by atoms with E-state index >= 15 is 0 Å². The lowest BCUT2D eigenvalue weighted by Crippen LogP contribution is -2.35. The number of thiophene rings is 1. The zero-order chi connectivity index (χ0) is 15.7. The van der Waals surface area contributed by atoms with Crippen molar-refractivity contribution in [3.8, 4) is 0 Å². The highest BCUT2D eigenvalue weighted by molar-refractivity contribution is 7.07. The third kappa shape index (κ3) is 3.35. The lowest BCUT2D eigenvalue weighted by Gasteiger charge is -2.29. The minimum absolute atomic E-state index is 0.575. The molecule has 1 saturated carbocycles. The average Bonchev–Trinajstić information content (AvgIpc) is 3.01. The Bertz CT molecular complexity index is 629. The van der Waals surface area contributed by atoms with Gasteiger partial charge in [-0.05, 0) is 78.7 Å². The molecule has 0 aromatic carbocycles. The predicted octanol–water partition coefficient (Wildman–Crippen LogP) is 3.60. The molecule has 1 unspecified atom stereocenters. The summed E-state index contributed by atoms with van der Waals surface area (Å²) in [4.78, 5) is 7.31. The lowest BCUT2D eigenvalue weighted by molar-refractivity contribution is 0.186. The van der Waals surface area contributed by atoms with E-state index in [1.807, 2.05) is 6.20 Å². The van der Waals surface area contributed by atoms with Crippen LogP contribution in [0.15, 0.2) is 35.2 Å². The van der Waals surface area contributed by atoms with Gasteiger partial charge in [0.05, 0.1) is 5.69 Å². The fourth-order valence-electron chi connectivity index (χ4n) is 4.00. The highest BCUT2D eigenvalue weighted by Crippen LogP contribution is 2.56. The standard InChI is InChI=1S/C19H25N3S/c1-15-2-3-17(21-11-15)13-22(12-16-4-9-23-14-16)18-10-19(18)5-7-20-8-6-19/h2-4,9,11,14,18,20H,5-8,10,12-13H2,1H3. The summed E-state index contributed by atoms with van der Waals surface area (Å²) >= 11 is 1.80. The fourth-order valence-corrected chi connectivity index (χ4v) is 4.66. The molecular formula is C19H25N3S. The molecule has 4 heteroatoms. The number of nitrogens with one attached hydrogen (secondary N) is 1. The first-order valence-electron chi connectivity index (χ1n) is 8.63. The topological polar surface area (TPSA) is 28.2 Å². The monoisotopic (exact) mass is 327 g/mol. The van der Waals surface area contributed by atoms with E-state index in [9.17, 15) is 0 Å². The molecule has 2 aromatic rings. The second kappa shape index (κ2) is 6.34. The molecule has 0 bridgehead atoms. The van der Waals surface area contributed by atoms with Gasteiger partial charge in [-0.15, -0.1) is 0 Å². The van der Waals surface area contributed by atoms with E-state index in [0.717, 1.165) is 19.1 Å². The van der Waals surface area contributed by atoms with E-state index in [2.05, 4.69) is 51.1 Å². The highest BCUT2D eigenvalue weighted by atomic mass is 32.1. The van der Waals surface area contributed by atoms with Crippen LogP contribution in [0.1, 0.15) is 36.1 Å². The molecule has 23 heavy (non-hydrogen) atoms. The van der Waals surface area contributed by atoms with Gasteiger partial charge in [0.15, 0.2) is 0 Å². The number of pyridine rings is 1. The zero-order valence-electron chi connectivity index (χ0n) is 13.8. The van der Waals surface area contributed by atoms with Gasteiger partial charge in [-0.3, -0.25) is 9.88 Å². The summed E-state index contributed by atoms with van der Waals surface area (Å²) in [7, 11) is 0. The first-order chi connectivity index (χ1) is 11.3. The van der Waals surface area contributed by atoms with Crippen LogP contribution in [0.5, 0.6) is 0 Å². The second-order valence-electron chi connectivity index (χ2n) is 7.20. The quantitative estimate of drug-likeness (QED) is 0.909. The van der Waals surface area contributed by atoms with Crippen molar-refractivity contribution in [1.82, 2.24) is 15.2 Å². The molecular weight excluding hydrogens is 302 g/mol. The van der Waals surface area contributed by atoms with Crippen LogP contribution >= 0.6 is 11.3 Å². The summed E-state index contributed by atoms with van der Waals surface area (Å²) in [5.74, 6) is 0. The number of nitrogens with zero attached hydrogens (tertiary/aromatic N) is 2. The van der Waals surface area contributed by atoms with Crippen LogP contribution in [-0.2, 0) is 13.1 Å². The zero-order valence-corrected chi connectivity index (χ0v) is 14.6. The number of piperidine rings is 1. The van der Waals surface area contributed by atoms with Gasteiger partial charge in [-0.25, -0.2) is 0 Å². The van der Waals surface area contributed by atoms with Gasteiger partial charge in [0, 0.05) is 25.3 Å². The lowest BCUT2D eigenvalue weighted by atomic mass is 9.93. The largest absolute Gasteiger partial charge is 0.317 e. The Labute approximate surface area is 142 Å². The Hall–Kier alpha value is -1.23. The van der Waals surface area contributed by atoms with Crippen LogP contribution in [0.25, 0.3) is 0 Å². The minimum atomic E-state index is 0.575. The van der Waals surface area contributed by atoms with Gasteiger partial charge in [0.1, 0.15) is 0 Å². The Morgan fingerprint density at radius 3 is 2.83 bits per heavy atom. The molecule has 0 amide bonds. The molecule has 0 radical (unpaired) electrons. The van der Waals surface area contributed by atoms with E-state index < -0.39 is 0 Å². The van der Waals surface area contributed by atoms with E-state index in [0.29, 0.717) is 5.41 Å². The maximum atomic E-state index is 4.64. The smallest absolute Gasteiger partial charge is 0.0544 e. The molecule has 3 nitrogen and oxygen atoms in total. The molecule has 1 atom stereocenters. The maximum absolute atomic E-state index is 4.64. The molecule has 1 saturated heterocycles.